The van der Waals surface area contributed by atoms with Gasteiger partial charge in [0.2, 0.25) is 0 Å². The molecule has 1 N–H and O–H groups in total. The average Bonchev–Trinajstić information content (AvgIpc) is 3.15. The van der Waals surface area contributed by atoms with E-state index >= 15 is 0 Å². The first kappa shape index (κ1) is 20.7. The van der Waals surface area contributed by atoms with Crippen LogP contribution in [0.4, 0.5) is 13.2 Å². The maximum Gasteiger partial charge on any atom is 0.574 e. The van der Waals surface area contributed by atoms with E-state index in [9.17, 15) is 18.0 Å². The highest BCUT2D eigenvalue weighted by Crippen LogP contribution is 2.31. The Balaban J connectivity index is 1.51. The number of pyridine rings is 1. The molecule has 0 radical (unpaired) electrons. The minimum atomic E-state index is -4.88. The summed E-state index contributed by atoms with van der Waals surface area (Å²) in [6.07, 6.45) is -3.74. The standard InChI is InChI=1S/C19H19F3N2O5/c20-19(21,22)29-18-16(2-1-8-23-18)28-15-7-9-24(10-15)17(26)12-27-14-5-3-13(11-25)4-6-14/h1-6,8,15,25H,7,9-12H2. The van der Waals surface area contributed by atoms with Gasteiger partial charge in [-0.3, -0.25) is 4.79 Å². The van der Waals surface area contributed by atoms with Crippen molar-refractivity contribution >= 4 is 5.91 Å². The van der Waals surface area contributed by atoms with Gasteiger partial charge in [0.15, 0.2) is 12.4 Å². The first-order chi connectivity index (χ1) is 13.8. The third-order valence-corrected chi connectivity index (χ3v) is 4.21. The number of carbonyl (C=O) groups is 1. The lowest BCUT2D eigenvalue weighted by molar-refractivity contribution is -0.276. The predicted octanol–water partition coefficient (Wildman–Crippen LogP) is 2.53. The highest BCUT2D eigenvalue weighted by molar-refractivity contribution is 5.78. The summed E-state index contributed by atoms with van der Waals surface area (Å²) in [7, 11) is 0. The van der Waals surface area contributed by atoms with Crippen molar-refractivity contribution in [2.45, 2.75) is 25.5 Å². The summed E-state index contributed by atoms with van der Waals surface area (Å²) >= 11 is 0. The summed E-state index contributed by atoms with van der Waals surface area (Å²) < 4.78 is 52.3. The number of benzene rings is 1. The Morgan fingerprint density at radius 2 is 2.00 bits per heavy atom. The van der Waals surface area contributed by atoms with Crippen LogP contribution in [-0.4, -0.2) is 53.1 Å². The molecule has 10 heteroatoms. The van der Waals surface area contributed by atoms with Gasteiger partial charge in [0.05, 0.1) is 13.2 Å². The molecular weight excluding hydrogens is 393 g/mol. The number of hydrogen-bond donors (Lipinski definition) is 1. The van der Waals surface area contributed by atoms with Crippen LogP contribution in [-0.2, 0) is 11.4 Å². The number of amides is 1. The molecule has 0 bridgehead atoms. The van der Waals surface area contributed by atoms with Crippen LogP contribution in [0.2, 0.25) is 0 Å². The molecule has 0 spiro atoms. The summed E-state index contributed by atoms with van der Waals surface area (Å²) in [4.78, 5) is 17.4. The Morgan fingerprint density at radius 3 is 2.69 bits per heavy atom. The number of aliphatic hydroxyl groups excluding tert-OH is 1. The first-order valence-corrected chi connectivity index (χ1v) is 8.82. The Labute approximate surface area is 164 Å². The van der Waals surface area contributed by atoms with Crippen molar-refractivity contribution < 1.29 is 37.3 Å². The molecule has 1 amide bonds. The van der Waals surface area contributed by atoms with E-state index in [1.54, 1.807) is 24.3 Å². The lowest BCUT2D eigenvalue weighted by Gasteiger charge is -2.18. The predicted molar refractivity (Wildman–Crippen MR) is 94.4 cm³/mol. The molecule has 1 unspecified atom stereocenters. The molecule has 1 aromatic heterocycles. The van der Waals surface area contributed by atoms with Gasteiger partial charge in [0.1, 0.15) is 11.9 Å². The van der Waals surface area contributed by atoms with Crippen molar-refractivity contribution in [3.05, 3.63) is 48.2 Å². The van der Waals surface area contributed by atoms with Gasteiger partial charge in [-0.1, -0.05) is 12.1 Å². The largest absolute Gasteiger partial charge is 0.574 e. The van der Waals surface area contributed by atoms with Gasteiger partial charge >= 0.3 is 6.36 Å². The molecule has 1 aliphatic rings. The number of ether oxygens (including phenoxy) is 3. The van der Waals surface area contributed by atoms with Gasteiger partial charge in [0.25, 0.3) is 11.8 Å². The zero-order valence-electron chi connectivity index (χ0n) is 15.3. The highest BCUT2D eigenvalue weighted by atomic mass is 19.4. The number of halogens is 3. The number of likely N-dealkylation sites (tertiary alicyclic amines) is 1. The van der Waals surface area contributed by atoms with Crippen LogP contribution in [0.25, 0.3) is 0 Å². The van der Waals surface area contributed by atoms with Crippen molar-refractivity contribution in [2.75, 3.05) is 19.7 Å². The van der Waals surface area contributed by atoms with Crippen molar-refractivity contribution in [3.63, 3.8) is 0 Å². The van der Waals surface area contributed by atoms with Crippen LogP contribution in [0.3, 0.4) is 0 Å². The van der Waals surface area contributed by atoms with Gasteiger partial charge in [-0.05, 0) is 29.8 Å². The van der Waals surface area contributed by atoms with Crippen LogP contribution < -0.4 is 14.2 Å². The van der Waals surface area contributed by atoms with E-state index in [4.69, 9.17) is 14.6 Å². The SMILES string of the molecule is O=C(COc1ccc(CO)cc1)N1CCC(Oc2cccnc2OC(F)(F)F)C1. The summed E-state index contributed by atoms with van der Waals surface area (Å²) in [5.41, 5.74) is 0.729. The third kappa shape index (κ3) is 5.98. The maximum absolute atomic E-state index is 12.5. The van der Waals surface area contributed by atoms with E-state index in [1.807, 2.05) is 0 Å². The fourth-order valence-electron chi connectivity index (χ4n) is 2.81. The maximum atomic E-state index is 12.5. The third-order valence-electron chi connectivity index (χ3n) is 4.21. The molecule has 3 rings (SSSR count). The Bertz CT molecular complexity index is 829. The second kappa shape index (κ2) is 8.99. The topological polar surface area (TPSA) is 81.1 Å². The number of aliphatic hydroxyl groups is 1. The monoisotopic (exact) mass is 412 g/mol. The number of nitrogens with zero attached hydrogens (tertiary/aromatic N) is 2. The van der Waals surface area contributed by atoms with Gasteiger partial charge in [0, 0.05) is 19.2 Å². The minimum absolute atomic E-state index is 0.0823. The number of carbonyl (C=O) groups excluding carboxylic acids is 1. The first-order valence-electron chi connectivity index (χ1n) is 8.82. The lowest BCUT2D eigenvalue weighted by atomic mass is 10.2. The Morgan fingerprint density at radius 1 is 1.24 bits per heavy atom. The molecule has 0 aliphatic carbocycles. The number of aromatic nitrogens is 1. The van der Waals surface area contributed by atoms with Crippen LogP contribution in [0.1, 0.15) is 12.0 Å². The molecule has 2 aromatic rings. The minimum Gasteiger partial charge on any atom is -0.484 e. The number of hydrogen-bond acceptors (Lipinski definition) is 6. The van der Waals surface area contributed by atoms with Crippen molar-refractivity contribution in [1.82, 2.24) is 9.88 Å². The van der Waals surface area contributed by atoms with E-state index in [-0.39, 0.29) is 31.4 Å². The fourth-order valence-corrected chi connectivity index (χ4v) is 2.81. The van der Waals surface area contributed by atoms with Crippen LogP contribution >= 0.6 is 0 Å². The molecular formula is C19H19F3N2O5. The van der Waals surface area contributed by atoms with Gasteiger partial charge in [-0.15, -0.1) is 13.2 Å². The number of rotatable bonds is 7. The summed E-state index contributed by atoms with van der Waals surface area (Å²) in [5.74, 6) is -0.573. The van der Waals surface area contributed by atoms with E-state index in [1.165, 1.54) is 23.2 Å². The molecule has 2 heterocycles. The number of alkyl halides is 3. The molecule has 1 saturated heterocycles. The quantitative estimate of drug-likeness (QED) is 0.753. The van der Waals surface area contributed by atoms with E-state index in [2.05, 4.69) is 9.72 Å². The van der Waals surface area contributed by atoms with E-state index in [0.29, 0.717) is 18.7 Å². The second-order valence-electron chi connectivity index (χ2n) is 6.31. The molecule has 1 aromatic carbocycles. The molecule has 0 saturated carbocycles. The zero-order chi connectivity index (χ0) is 20.9. The van der Waals surface area contributed by atoms with Gasteiger partial charge < -0.3 is 24.2 Å². The normalized spacial score (nSPS) is 16.6. The summed E-state index contributed by atoms with van der Waals surface area (Å²) in [5, 5.41) is 9.01. The molecule has 1 aliphatic heterocycles. The average molecular weight is 412 g/mol. The van der Waals surface area contributed by atoms with E-state index < -0.39 is 18.3 Å². The van der Waals surface area contributed by atoms with Gasteiger partial charge in [-0.2, -0.15) is 0 Å². The zero-order valence-corrected chi connectivity index (χ0v) is 15.3. The fraction of sp³-hybridized carbons (Fsp3) is 0.368. The van der Waals surface area contributed by atoms with Crippen molar-refractivity contribution in [2.24, 2.45) is 0 Å². The summed E-state index contributed by atoms with van der Waals surface area (Å²) in [6.45, 7) is 0.347. The molecule has 29 heavy (non-hydrogen) atoms. The van der Waals surface area contributed by atoms with Gasteiger partial charge in [-0.25, -0.2) is 4.98 Å². The van der Waals surface area contributed by atoms with Crippen LogP contribution in [0, 0.1) is 0 Å². The summed E-state index contributed by atoms with van der Waals surface area (Å²) in [6, 6.07) is 9.45. The second-order valence-corrected chi connectivity index (χ2v) is 6.31. The molecule has 7 nitrogen and oxygen atoms in total. The van der Waals surface area contributed by atoms with Crippen molar-refractivity contribution in [1.29, 1.82) is 0 Å². The van der Waals surface area contributed by atoms with Crippen molar-refractivity contribution in [3.8, 4) is 17.4 Å². The lowest BCUT2D eigenvalue weighted by Crippen LogP contribution is -2.34. The van der Waals surface area contributed by atoms with Crippen LogP contribution in [0.15, 0.2) is 42.6 Å². The Hall–Kier alpha value is -3.01. The molecule has 1 fully saturated rings. The van der Waals surface area contributed by atoms with E-state index in [0.717, 1.165) is 5.56 Å². The smallest absolute Gasteiger partial charge is 0.484 e. The highest BCUT2D eigenvalue weighted by Gasteiger charge is 2.34. The van der Waals surface area contributed by atoms with Crippen LogP contribution in [0.5, 0.6) is 17.4 Å². The molecule has 156 valence electrons. The molecule has 1 atom stereocenters. The Kier molecular flexibility index (Phi) is 6.42.